The molecule has 0 saturated carbocycles. The molecule has 2 rings (SSSR count). The zero-order valence-corrected chi connectivity index (χ0v) is 11.3. The third kappa shape index (κ3) is 3.49. The average Bonchev–Trinajstić information content (AvgIpc) is 2.40. The highest BCUT2D eigenvalue weighted by Crippen LogP contribution is 2.35. The summed E-state index contributed by atoms with van der Waals surface area (Å²) >= 11 is 1.04. The number of rotatable bonds is 3. The lowest BCUT2D eigenvalue weighted by atomic mass is 10.1. The van der Waals surface area contributed by atoms with Gasteiger partial charge in [-0.2, -0.15) is 13.2 Å². The Balaban J connectivity index is 2.31. The SMILES string of the molecule is Cc1cnc(Sc2ccc(CO)c(C(F)(F)F)c2)nc1. The van der Waals surface area contributed by atoms with Crippen molar-refractivity contribution in [3.8, 4) is 0 Å². The van der Waals surface area contributed by atoms with Crippen molar-refractivity contribution in [2.75, 3.05) is 0 Å². The van der Waals surface area contributed by atoms with Crippen molar-refractivity contribution in [1.82, 2.24) is 9.97 Å². The van der Waals surface area contributed by atoms with Gasteiger partial charge in [0.25, 0.3) is 0 Å². The van der Waals surface area contributed by atoms with Crippen LogP contribution in [0.3, 0.4) is 0 Å². The molecule has 3 nitrogen and oxygen atoms in total. The van der Waals surface area contributed by atoms with E-state index in [0.29, 0.717) is 10.1 Å². The van der Waals surface area contributed by atoms with E-state index in [4.69, 9.17) is 5.11 Å². The molecule has 2 aromatic rings. The molecule has 1 N–H and O–H groups in total. The van der Waals surface area contributed by atoms with Crippen molar-refractivity contribution >= 4 is 11.8 Å². The number of aromatic nitrogens is 2. The van der Waals surface area contributed by atoms with E-state index < -0.39 is 18.3 Å². The van der Waals surface area contributed by atoms with Crippen molar-refractivity contribution in [3.63, 3.8) is 0 Å². The summed E-state index contributed by atoms with van der Waals surface area (Å²) in [5.74, 6) is 0. The summed E-state index contributed by atoms with van der Waals surface area (Å²) in [4.78, 5) is 8.43. The summed E-state index contributed by atoms with van der Waals surface area (Å²) in [5.41, 5.74) is -0.107. The fraction of sp³-hybridized carbons (Fsp3) is 0.231. The molecule has 0 amide bonds. The number of hydrogen-bond donors (Lipinski definition) is 1. The molecule has 0 fully saturated rings. The van der Waals surface area contributed by atoms with Gasteiger partial charge in [0.15, 0.2) is 5.16 Å². The van der Waals surface area contributed by atoms with Crippen LogP contribution in [-0.4, -0.2) is 15.1 Å². The Morgan fingerprint density at radius 3 is 2.40 bits per heavy atom. The van der Waals surface area contributed by atoms with Gasteiger partial charge < -0.3 is 5.11 Å². The summed E-state index contributed by atoms with van der Waals surface area (Å²) in [5, 5.41) is 9.34. The predicted molar refractivity (Wildman–Crippen MR) is 68.3 cm³/mol. The average molecular weight is 300 g/mol. The third-order valence-corrected chi connectivity index (χ3v) is 3.41. The van der Waals surface area contributed by atoms with Crippen LogP contribution >= 0.6 is 11.8 Å². The van der Waals surface area contributed by atoms with Crippen LogP contribution in [0.15, 0.2) is 40.6 Å². The summed E-state index contributed by atoms with van der Waals surface area (Å²) < 4.78 is 38.6. The molecule has 0 aliphatic rings. The second-order valence-corrected chi connectivity index (χ2v) is 5.16. The van der Waals surface area contributed by atoms with Gasteiger partial charge in [0.05, 0.1) is 12.2 Å². The lowest BCUT2D eigenvalue weighted by Crippen LogP contribution is -2.09. The molecule has 1 aromatic carbocycles. The largest absolute Gasteiger partial charge is 0.416 e. The first-order valence-corrected chi connectivity index (χ1v) is 6.49. The highest BCUT2D eigenvalue weighted by atomic mass is 32.2. The van der Waals surface area contributed by atoms with Crippen molar-refractivity contribution in [1.29, 1.82) is 0 Å². The van der Waals surface area contributed by atoms with Crippen LogP contribution in [0.2, 0.25) is 0 Å². The standard InChI is InChI=1S/C13H11F3N2OS/c1-8-5-17-12(18-6-8)20-10-3-2-9(7-19)11(4-10)13(14,15)16/h2-6,19H,7H2,1H3. The summed E-state index contributed by atoms with van der Waals surface area (Å²) in [6.07, 6.45) is -1.30. The van der Waals surface area contributed by atoms with Gasteiger partial charge in [0.2, 0.25) is 0 Å². The highest BCUT2D eigenvalue weighted by Gasteiger charge is 2.33. The summed E-state index contributed by atoms with van der Waals surface area (Å²) in [6, 6.07) is 3.77. The molecule has 0 aliphatic carbocycles. The number of halogens is 3. The normalized spacial score (nSPS) is 11.7. The molecule has 1 aromatic heterocycles. The number of benzene rings is 1. The number of aliphatic hydroxyl groups excluding tert-OH is 1. The van der Waals surface area contributed by atoms with Gasteiger partial charge in [-0.05, 0) is 41.9 Å². The first kappa shape index (κ1) is 14.8. The predicted octanol–water partition coefficient (Wildman–Crippen LogP) is 3.45. The smallest absolute Gasteiger partial charge is 0.392 e. The maximum Gasteiger partial charge on any atom is 0.416 e. The molecule has 20 heavy (non-hydrogen) atoms. The van der Waals surface area contributed by atoms with Crippen LogP contribution in [-0.2, 0) is 12.8 Å². The minimum absolute atomic E-state index is 0.147. The van der Waals surface area contributed by atoms with Gasteiger partial charge in [-0.25, -0.2) is 9.97 Å². The molecule has 106 valence electrons. The van der Waals surface area contributed by atoms with Gasteiger partial charge in [0, 0.05) is 17.3 Å². The Morgan fingerprint density at radius 1 is 1.20 bits per heavy atom. The topological polar surface area (TPSA) is 46.0 Å². The van der Waals surface area contributed by atoms with Crippen LogP contribution < -0.4 is 0 Å². The van der Waals surface area contributed by atoms with E-state index in [9.17, 15) is 13.2 Å². The second-order valence-electron chi connectivity index (χ2n) is 4.12. The molecule has 0 bridgehead atoms. The molecule has 0 saturated heterocycles. The van der Waals surface area contributed by atoms with Gasteiger partial charge in [-0.1, -0.05) is 6.07 Å². The van der Waals surface area contributed by atoms with Crippen LogP contribution in [0.4, 0.5) is 13.2 Å². The number of nitrogens with zero attached hydrogens (tertiary/aromatic N) is 2. The fourth-order valence-electron chi connectivity index (χ4n) is 1.56. The van der Waals surface area contributed by atoms with E-state index in [1.807, 2.05) is 6.92 Å². The molecule has 0 radical (unpaired) electrons. The van der Waals surface area contributed by atoms with Gasteiger partial charge in [0.1, 0.15) is 0 Å². The molecule has 0 unspecified atom stereocenters. The van der Waals surface area contributed by atoms with Crippen LogP contribution in [0.25, 0.3) is 0 Å². The first-order valence-electron chi connectivity index (χ1n) is 5.67. The zero-order valence-electron chi connectivity index (χ0n) is 10.5. The second kappa shape index (κ2) is 5.80. The van der Waals surface area contributed by atoms with E-state index in [2.05, 4.69) is 9.97 Å². The Kier molecular flexibility index (Phi) is 4.29. The lowest BCUT2D eigenvalue weighted by Gasteiger charge is -2.12. The van der Waals surface area contributed by atoms with Crippen LogP contribution in [0, 0.1) is 6.92 Å². The number of aliphatic hydroxyl groups is 1. The van der Waals surface area contributed by atoms with Gasteiger partial charge in [-0.3, -0.25) is 0 Å². The maximum absolute atomic E-state index is 12.9. The summed E-state index contributed by atoms with van der Waals surface area (Å²) in [6.45, 7) is 1.17. The van der Waals surface area contributed by atoms with Gasteiger partial charge >= 0.3 is 6.18 Å². The van der Waals surface area contributed by atoms with Crippen molar-refractivity contribution in [3.05, 3.63) is 47.3 Å². The molecular formula is C13H11F3N2OS. The van der Waals surface area contributed by atoms with Crippen molar-refractivity contribution in [2.45, 2.75) is 29.8 Å². The highest BCUT2D eigenvalue weighted by molar-refractivity contribution is 7.99. The Labute approximate surface area is 117 Å². The zero-order chi connectivity index (χ0) is 14.8. The quantitative estimate of drug-likeness (QED) is 0.882. The first-order chi connectivity index (χ1) is 9.40. The minimum atomic E-state index is -4.50. The summed E-state index contributed by atoms with van der Waals surface area (Å²) in [7, 11) is 0. The molecule has 1 heterocycles. The number of alkyl halides is 3. The fourth-order valence-corrected chi connectivity index (χ4v) is 2.29. The van der Waals surface area contributed by atoms with Gasteiger partial charge in [-0.15, -0.1) is 0 Å². The van der Waals surface area contributed by atoms with Crippen LogP contribution in [0.1, 0.15) is 16.7 Å². The van der Waals surface area contributed by atoms with E-state index in [1.54, 1.807) is 12.4 Å². The van der Waals surface area contributed by atoms with E-state index in [-0.39, 0.29) is 5.56 Å². The van der Waals surface area contributed by atoms with E-state index >= 15 is 0 Å². The van der Waals surface area contributed by atoms with E-state index in [1.165, 1.54) is 12.1 Å². The Hall–Kier alpha value is -1.60. The van der Waals surface area contributed by atoms with Crippen molar-refractivity contribution < 1.29 is 18.3 Å². The maximum atomic E-state index is 12.9. The Morgan fingerprint density at radius 2 is 1.85 bits per heavy atom. The molecule has 0 spiro atoms. The third-order valence-electron chi connectivity index (χ3n) is 2.52. The van der Waals surface area contributed by atoms with Crippen LogP contribution in [0.5, 0.6) is 0 Å². The monoisotopic (exact) mass is 300 g/mol. The number of hydrogen-bond acceptors (Lipinski definition) is 4. The van der Waals surface area contributed by atoms with Crippen molar-refractivity contribution in [2.24, 2.45) is 0 Å². The molecule has 0 atom stereocenters. The molecule has 7 heteroatoms. The molecular weight excluding hydrogens is 289 g/mol. The minimum Gasteiger partial charge on any atom is -0.392 e. The lowest BCUT2D eigenvalue weighted by molar-refractivity contribution is -0.138. The van der Waals surface area contributed by atoms with E-state index in [0.717, 1.165) is 23.4 Å². The molecule has 0 aliphatic heterocycles. The Bertz CT molecular complexity index is 600. The number of aryl methyl sites for hydroxylation is 1.